The molecule has 1 amide bonds. The SMILES string of the molecule is O=C1c2ccccc2-n2cncc2C2=CCN12. The van der Waals surface area contributed by atoms with Gasteiger partial charge in [-0.3, -0.25) is 9.36 Å². The van der Waals surface area contributed by atoms with Crippen LogP contribution in [0.1, 0.15) is 16.1 Å². The molecule has 0 unspecified atom stereocenters. The number of carbonyl (C=O) groups excluding carboxylic acids is 1. The Hall–Kier alpha value is -2.36. The van der Waals surface area contributed by atoms with E-state index in [1.807, 2.05) is 28.8 Å². The minimum absolute atomic E-state index is 0.0711. The first-order valence-corrected chi connectivity index (χ1v) is 5.50. The zero-order valence-electron chi connectivity index (χ0n) is 9.00. The molecule has 0 fully saturated rings. The highest BCUT2D eigenvalue weighted by atomic mass is 16.2. The van der Waals surface area contributed by atoms with Crippen molar-refractivity contribution >= 4 is 11.6 Å². The summed E-state index contributed by atoms with van der Waals surface area (Å²) in [7, 11) is 0. The minimum Gasteiger partial charge on any atom is -0.302 e. The molecule has 1 aromatic carbocycles. The lowest BCUT2D eigenvalue weighted by molar-refractivity contribution is 0.0834. The van der Waals surface area contributed by atoms with Gasteiger partial charge in [0.1, 0.15) is 0 Å². The topological polar surface area (TPSA) is 38.1 Å². The Bertz CT molecular complexity index is 669. The molecule has 2 aromatic rings. The van der Waals surface area contributed by atoms with E-state index in [-0.39, 0.29) is 5.91 Å². The first kappa shape index (κ1) is 8.75. The van der Waals surface area contributed by atoms with E-state index in [9.17, 15) is 4.79 Å². The monoisotopic (exact) mass is 223 g/mol. The third-order valence-corrected chi connectivity index (χ3v) is 3.30. The molecule has 0 bridgehead atoms. The Morgan fingerprint density at radius 1 is 1.24 bits per heavy atom. The van der Waals surface area contributed by atoms with Crippen LogP contribution in [0.3, 0.4) is 0 Å². The molecule has 2 aliphatic rings. The van der Waals surface area contributed by atoms with E-state index in [0.717, 1.165) is 22.6 Å². The molecule has 1 aromatic heterocycles. The summed E-state index contributed by atoms with van der Waals surface area (Å²) in [5.74, 6) is 0.0711. The second kappa shape index (κ2) is 2.85. The Labute approximate surface area is 97.8 Å². The second-order valence-electron chi connectivity index (χ2n) is 4.17. The molecule has 4 nitrogen and oxygen atoms in total. The normalized spacial score (nSPS) is 16.4. The van der Waals surface area contributed by atoms with Crippen molar-refractivity contribution in [3.8, 4) is 5.69 Å². The number of amides is 1. The van der Waals surface area contributed by atoms with Gasteiger partial charge in [-0.05, 0) is 18.2 Å². The molecule has 3 heterocycles. The van der Waals surface area contributed by atoms with Crippen LogP contribution in [0.4, 0.5) is 0 Å². The Morgan fingerprint density at radius 3 is 2.94 bits per heavy atom. The predicted octanol–water partition coefficient (Wildman–Crippen LogP) is 1.68. The number of imidazole rings is 1. The van der Waals surface area contributed by atoms with E-state index >= 15 is 0 Å². The van der Waals surface area contributed by atoms with Gasteiger partial charge in [0.2, 0.25) is 0 Å². The lowest BCUT2D eigenvalue weighted by Crippen LogP contribution is -2.35. The van der Waals surface area contributed by atoms with Crippen LogP contribution in [0.15, 0.2) is 42.9 Å². The van der Waals surface area contributed by atoms with Gasteiger partial charge in [-0.25, -0.2) is 4.98 Å². The zero-order valence-corrected chi connectivity index (χ0v) is 9.00. The number of para-hydroxylation sites is 1. The molecule has 0 saturated carbocycles. The Balaban J connectivity index is 2.11. The highest BCUT2D eigenvalue weighted by molar-refractivity contribution is 6.05. The zero-order chi connectivity index (χ0) is 11.4. The second-order valence-corrected chi connectivity index (χ2v) is 4.17. The van der Waals surface area contributed by atoms with Gasteiger partial charge in [0.15, 0.2) is 0 Å². The van der Waals surface area contributed by atoms with Crippen molar-refractivity contribution in [2.45, 2.75) is 0 Å². The quantitative estimate of drug-likeness (QED) is 0.681. The van der Waals surface area contributed by atoms with Gasteiger partial charge in [0.25, 0.3) is 5.91 Å². The molecule has 17 heavy (non-hydrogen) atoms. The van der Waals surface area contributed by atoms with Crippen molar-refractivity contribution in [2.75, 3.05) is 6.54 Å². The van der Waals surface area contributed by atoms with Crippen LogP contribution in [0.5, 0.6) is 0 Å². The standard InChI is InChI=1S/C13H9N3O/c17-13-9-3-1-2-4-10(9)16-8-14-7-12(16)11-5-6-15(11)13/h1-5,7-8H,6H2. The smallest absolute Gasteiger partial charge is 0.260 e. The molecule has 0 radical (unpaired) electrons. The minimum atomic E-state index is 0.0711. The van der Waals surface area contributed by atoms with Crippen molar-refractivity contribution in [1.29, 1.82) is 0 Å². The summed E-state index contributed by atoms with van der Waals surface area (Å²) >= 11 is 0. The Morgan fingerprint density at radius 2 is 2.12 bits per heavy atom. The number of hydrogen-bond donors (Lipinski definition) is 0. The number of nitrogens with zero attached hydrogens (tertiary/aromatic N) is 3. The molecule has 4 rings (SSSR count). The highest BCUT2D eigenvalue weighted by Gasteiger charge is 2.33. The van der Waals surface area contributed by atoms with E-state index in [0.29, 0.717) is 6.54 Å². The number of rotatable bonds is 0. The van der Waals surface area contributed by atoms with Crippen LogP contribution < -0.4 is 0 Å². The summed E-state index contributed by atoms with van der Waals surface area (Å²) in [4.78, 5) is 18.3. The highest BCUT2D eigenvalue weighted by Crippen LogP contribution is 2.34. The molecule has 2 aliphatic heterocycles. The number of fused-ring (bicyclic) bond motifs is 5. The van der Waals surface area contributed by atoms with Gasteiger partial charge in [-0.2, -0.15) is 0 Å². The lowest BCUT2D eigenvalue weighted by Gasteiger charge is -2.29. The molecule has 0 aliphatic carbocycles. The summed E-state index contributed by atoms with van der Waals surface area (Å²) < 4.78 is 1.97. The van der Waals surface area contributed by atoms with Crippen molar-refractivity contribution in [3.05, 3.63) is 54.1 Å². The number of benzene rings is 1. The number of hydrogen-bond acceptors (Lipinski definition) is 2. The van der Waals surface area contributed by atoms with Crippen molar-refractivity contribution in [1.82, 2.24) is 14.5 Å². The maximum absolute atomic E-state index is 12.3. The third-order valence-electron chi connectivity index (χ3n) is 3.30. The fourth-order valence-electron chi connectivity index (χ4n) is 2.40. The molecule has 0 atom stereocenters. The molecular formula is C13H9N3O. The van der Waals surface area contributed by atoms with Gasteiger partial charge in [0, 0.05) is 6.54 Å². The van der Waals surface area contributed by atoms with E-state index in [2.05, 4.69) is 11.1 Å². The van der Waals surface area contributed by atoms with E-state index in [4.69, 9.17) is 0 Å². The molecule has 82 valence electrons. The predicted molar refractivity (Wildman–Crippen MR) is 62.6 cm³/mol. The van der Waals surface area contributed by atoms with E-state index < -0.39 is 0 Å². The fraction of sp³-hybridized carbons (Fsp3) is 0.0769. The van der Waals surface area contributed by atoms with Crippen LogP contribution in [0, 0.1) is 0 Å². The van der Waals surface area contributed by atoms with Gasteiger partial charge in [-0.15, -0.1) is 0 Å². The van der Waals surface area contributed by atoms with Gasteiger partial charge in [-0.1, -0.05) is 12.1 Å². The lowest BCUT2D eigenvalue weighted by atomic mass is 10.1. The van der Waals surface area contributed by atoms with E-state index in [1.54, 1.807) is 17.4 Å². The maximum Gasteiger partial charge on any atom is 0.260 e. The molecule has 4 heteroatoms. The first-order valence-electron chi connectivity index (χ1n) is 5.50. The largest absolute Gasteiger partial charge is 0.302 e. The molecule has 0 N–H and O–H groups in total. The van der Waals surface area contributed by atoms with Crippen LogP contribution in [-0.2, 0) is 0 Å². The summed E-state index contributed by atoms with van der Waals surface area (Å²) in [5, 5.41) is 0. The molecular weight excluding hydrogens is 214 g/mol. The summed E-state index contributed by atoms with van der Waals surface area (Å²) in [5.41, 5.74) is 3.58. The van der Waals surface area contributed by atoms with Gasteiger partial charge >= 0.3 is 0 Å². The van der Waals surface area contributed by atoms with Crippen LogP contribution in [0.2, 0.25) is 0 Å². The summed E-state index contributed by atoms with van der Waals surface area (Å²) in [6, 6.07) is 7.64. The third kappa shape index (κ3) is 0.970. The van der Waals surface area contributed by atoms with Crippen molar-refractivity contribution in [3.63, 3.8) is 0 Å². The van der Waals surface area contributed by atoms with Crippen LogP contribution in [0.25, 0.3) is 11.4 Å². The number of carbonyl (C=O) groups is 1. The average Bonchev–Trinajstić information content (AvgIpc) is 2.74. The number of aromatic nitrogens is 2. The molecule has 0 saturated heterocycles. The van der Waals surface area contributed by atoms with Gasteiger partial charge in [0.05, 0.1) is 35.2 Å². The Kier molecular flexibility index (Phi) is 1.47. The van der Waals surface area contributed by atoms with Crippen molar-refractivity contribution < 1.29 is 4.79 Å². The van der Waals surface area contributed by atoms with Crippen LogP contribution >= 0.6 is 0 Å². The summed E-state index contributed by atoms with van der Waals surface area (Å²) in [6.45, 7) is 0.688. The first-order chi connectivity index (χ1) is 8.36. The van der Waals surface area contributed by atoms with Crippen LogP contribution in [-0.4, -0.2) is 26.9 Å². The van der Waals surface area contributed by atoms with Gasteiger partial charge < -0.3 is 4.90 Å². The average molecular weight is 223 g/mol. The van der Waals surface area contributed by atoms with E-state index in [1.165, 1.54) is 0 Å². The molecule has 0 spiro atoms. The van der Waals surface area contributed by atoms with Crippen molar-refractivity contribution in [2.24, 2.45) is 0 Å². The maximum atomic E-state index is 12.3. The fourth-order valence-corrected chi connectivity index (χ4v) is 2.40. The summed E-state index contributed by atoms with van der Waals surface area (Å²) in [6.07, 6.45) is 5.61.